The fraction of sp³-hybridized carbons (Fsp3) is 0.632. The van der Waals surface area contributed by atoms with Crippen LogP contribution in [0.2, 0.25) is 0 Å². The van der Waals surface area contributed by atoms with Gasteiger partial charge in [-0.1, -0.05) is 6.07 Å². The van der Waals surface area contributed by atoms with Crippen molar-refractivity contribution in [3.8, 4) is 11.5 Å². The van der Waals surface area contributed by atoms with Gasteiger partial charge in [-0.15, -0.1) is 0 Å². The Hall–Kier alpha value is -2.09. The molecule has 182 valence electrons. The Morgan fingerprint density at radius 2 is 1.72 bits per heavy atom. The number of amides is 1. The molecular weight excluding hydrogens is 455 g/mol. The fourth-order valence-corrected chi connectivity index (χ4v) is 3.84. The Morgan fingerprint density at radius 1 is 1.16 bits per heavy atom. The molecule has 0 unspecified atom stereocenters. The highest BCUT2D eigenvalue weighted by Gasteiger charge is 2.38. The van der Waals surface area contributed by atoms with Gasteiger partial charge in [0, 0.05) is 32.6 Å². The first-order chi connectivity index (χ1) is 14.9. The van der Waals surface area contributed by atoms with Crippen LogP contribution in [0.25, 0.3) is 0 Å². The zero-order chi connectivity index (χ0) is 24.0. The summed E-state index contributed by atoms with van der Waals surface area (Å²) in [5.74, 6) is 0.968. The first kappa shape index (κ1) is 26.2. The van der Waals surface area contributed by atoms with E-state index in [0.29, 0.717) is 23.6 Å². The molecule has 3 saturated heterocycles. The molecule has 3 heterocycles. The first-order valence-electron chi connectivity index (χ1n) is 10.0. The second-order valence-corrected chi connectivity index (χ2v) is 9.00. The SMILES string of the molecule is COc1cccc(C(=O)NCCC[N+]23CCN(CC2)CC3)c1OC.O=S(=O)([O-])C(F)(F)F. The van der Waals surface area contributed by atoms with Crippen LogP contribution in [-0.2, 0) is 10.1 Å². The third kappa shape index (κ3) is 6.70. The molecule has 2 bridgehead atoms. The van der Waals surface area contributed by atoms with Gasteiger partial charge in [-0.25, -0.2) is 8.42 Å². The van der Waals surface area contributed by atoms with Gasteiger partial charge in [0.1, 0.15) is 0 Å². The molecule has 32 heavy (non-hydrogen) atoms. The van der Waals surface area contributed by atoms with Gasteiger partial charge in [0.05, 0.1) is 46.0 Å². The summed E-state index contributed by atoms with van der Waals surface area (Å²) in [6.45, 7) is 9.33. The number of alkyl halides is 3. The van der Waals surface area contributed by atoms with Crippen molar-refractivity contribution in [3.63, 3.8) is 0 Å². The smallest absolute Gasteiger partial charge is 0.485 e. The molecule has 3 aliphatic heterocycles. The average molecular weight is 484 g/mol. The summed E-state index contributed by atoms with van der Waals surface area (Å²) in [5, 5.41) is 3.02. The molecule has 0 saturated carbocycles. The molecule has 0 atom stereocenters. The number of piperazine rings is 3. The minimum atomic E-state index is -6.09. The summed E-state index contributed by atoms with van der Waals surface area (Å²) in [4.78, 5) is 15.0. The molecule has 4 rings (SSSR count). The summed E-state index contributed by atoms with van der Waals surface area (Å²) >= 11 is 0. The van der Waals surface area contributed by atoms with E-state index in [-0.39, 0.29) is 5.91 Å². The van der Waals surface area contributed by atoms with Crippen LogP contribution in [0.5, 0.6) is 11.5 Å². The lowest BCUT2D eigenvalue weighted by Gasteiger charge is -2.50. The Balaban J connectivity index is 0.000000390. The highest BCUT2D eigenvalue weighted by Crippen LogP contribution is 2.30. The number of fused-ring (bicyclic) bond motifs is 3. The number of hydrogen-bond donors (Lipinski definition) is 1. The van der Waals surface area contributed by atoms with Crippen LogP contribution in [0.3, 0.4) is 0 Å². The number of nitrogens with zero attached hydrogens (tertiary/aromatic N) is 2. The molecule has 0 radical (unpaired) electrons. The summed E-state index contributed by atoms with van der Waals surface area (Å²) in [5.41, 5.74) is -5.12. The number of rotatable bonds is 7. The van der Waals surface area contributed by atoms with Crippen molar-refractivity contribution in [2.75, 3.05) is 66.6 Å². The van der Waals surface area contributed by atoms with Crippen LogP contribution < -0.4 is 14.8 Å². The lowest BCUT2D eigenvalue weighted by Crippen LogP contribution is -2.67. The van der Waals surface area contributed by atoms with Gasteiger partial charge in [-0.05, 0) is 12.1 Å². The molecule has 0 aromatic heterocycles. The first-order valence-corrected chi connectivity index (χ1v) is 11.4. The minimum absolute atomic E-state index is 0.103. The van der Waals surface area contributed by atoms with Gasteiger partial charge in [-0.2, -0.15) is 13.2 Å². The van der Waals surface area contributed by atoms with Crippen molar-refractivity contribution in [1.82, 2.24) is 10.2 Å². The number of halogens is 3. The van der Waals surface area contributed by atoms with Crippen LogP contribution in [0.15, 0.2) is 18.2 Å². The maximum Gasteiger partial charge on any atom is 0.485 e. The van der Waals surface area contributed by atoms with Crippen molar-refractivity contribution < 1.29 is 44.9 Å². The van der Waals surface area contributed by atoms with Crippen LogP contribution in [0, 0.1) is 0 Å². The number of carbonyl (C=O) groups excluding carboxylic acids is 1. The Bertz CT molecular complexity index is 873. The molecule has 1 amide bonds. The lowest BCUT2D eigenvalue weighted by atomic mass is 10.1. The van der Waals surface area contributed by atoms with Crippen molar-refractivity contribution in [2.45, 2.75) is 11.9 Å². The molecule has 13 heteroatoms. The zero-order valence-corrected chi connectivity index (χ0v) is 18.8. The summed E-state index contributed by atoms with van der Waals surface area (Å²) in [6, 6.07) is 5.37. The van der Waals surface area contributed by atoms with Crippen LogP contribution in [0.1, 0.15) is 16.8 Å². The van der Waals surface area contributed by atoms with Gasteiger partial charge in [0.25, 0.3) is 5.91 Å². The topological polar surface area (TPSA) is 108 Å². The summed E-state index contributed by atoms with van der Waals surface area (Å²) < 4.78 is 70.7. The van der Waals surface area contributed by atoms with E-state index in [1.807, 2.05) is 6.07 Å². The number of para-hydroxylation sites is 1. The van der Waals surface area contributed by atoms with Crippen molar-refractivity contribution >= 4 is 16.0 Å². The van der Waals surface area contributed by atoms with Crippen molar-refractivity contribution in [3.05, 3.63) is 23.8 Å². The normalized spacial score (nSPS) is 22.5. The molecule has 3 aliphatic rings. The number of hydrogen-bond acceptors (Lipinski definition) is 7. The minimum Gasteiger partial charge on any atom is -0.741 e. The van der Waals surface area contributed by atoms with Crippen molar-refractivity contribution in [1.29, 1.82) is 0 Å². The predicted octanol–water partition coefficient (Wildman–Crippen LogP) is 1.02. The number of carbonyl (C=O) groups is 1. The maximum absolute atomic E-state index is 12.4. The van der Waals surface area contributed by atoms with Gasteiger partial charge in [0.2, 0.25) is 0 Å². The van der Waals surface area contributed by atoms with Crippen LogP contribution >= 0.6 is 0 Å². The van der Waals surface area contributed by atoms with E-state index >= 15 is 0 Å². The number of nitrogens with one attached hydrogen (secondary N) is 1. The molecule has 0 aliphatic carbocycles. The predicted molar refractivity (Wildman–Crippen MR) is 108 cm³/mol. The second kappa shape index (κ2) is 10.7. The highest BCUT2D eigenvalue weighted by molar-refractivity contribution is 7.86. The van der Waals surface area contributed by atoms with E-state index in [4.69, 9.17) is 22.4 Å². The number of quaternary nitrogens is 1. The maximum atomic E-state index is 12.4. The molecule has 3 fully saturated rings. The van der Waals surface area contributed by atoms with E-state index in [1.165, 1.54) is 43.8 Å². The molecular formula is C19H28F3N3O6S. The summed E-state index contributed by atoms with van der Waals surface area (Å²) in [7, 11) is -2.96. The Labute approximate surface area is 185 Å². The molecule has 1 N–H and O–H groups in total. The largest absolute Gasteiger partial charge is 0.741 e. The van der Waals surface area contributed by atoms with E-state index in [0.717, 1.165) is 13.0 Å². The zero-order valence-electron chi connectivity index (χ0n) is 18.0. The van der Waals surface area contributed by atoms with Crippen LogP contribution in [-0.4, -0.2) is 100 Å². The van der Waals surface area contributed by atoms with Crippen molar-refractivity contribution in [2.24, 2.45) is 0 Å². The molecule has 0 spiro atoms. The third-order valence-corrected chi connectivity index (χ3v) is 6.26. The quantitative estimate of drug-likeness (QED) is 0.267. The fourth-order valence-electron chi connectivity index (χ4n) is 3.84. The van der Waals surface area contributed by atoms with E-state index in [1.54, 1.807) is 26.4 Å². The van der Waals surface area contributed by atoms with E-state index in [9.17, 15) is 18.0 Å². The standard InChI is InChI=1S/C18H27N3O3.CHF3O3S/c1-23-16-6-3-5-15(17(16)24-2)18(22)19-7-4-11-21-12-8-20(9-13-21)10-14-21;2-1(3,4)8(5,6)7/h3,5-6H,4,7-14H2,1-2H3;(H,5,6,7). The average Bonchev–Trinajstić information content (AvgIpc) is 2.76. The second-order valence-electron chi connectivity index (χ2n) is 7.63. The lowest BCUT2D eigenvalue weighted by molar-refractivity contribution is -0.941. The molecule has 1 aromatic rings. The van der Waals surface area contributed by atoms with Crippen LogP contribution in [0.4, 0.5) is 13.2 Å². The Kier molecular flexibility index (Phi) is 8.74. The monoisotopic (exact) mass is 483 g/mol. The molecule has 9 nitrogen and oxygen atoms in total. The Morgan fingerprint density at radius 3 is 2.19 bits per heavy atom. The van der Waals surface area contributed by atoms with Gasteiger partial charge >= 0.3 is 5.51 Å². The molecule has 1 aromatic carbocycles. The van der Waals surface area contributed by atoms with Gasteiger partial charge in [-0.3, -0.25) is 9.69 Å². The number of ether oxygens (including phenoxy) is 2. The van der Waals surface area contributed by atoms with Gasteiger partial charge < -0.3 is 23.8 Å². The van der Waals surface area contributed by atoms with E-state index in [2.05, 4.69) is 10.2 Å². The number of benzene rings is 1. The highest BCUT2D eigenvalue weighted by atomic mass is 32.2. The van der Waals surface area contributed by atoms with E-state index < -0.39 is 15.6 Å². The van der Waals surface area contributed by atoms with Gasteiger partial charge in [0.15, 0.2) is 21.6 Å². The third-order valence-electron chi connectivity index (χ3n) is 5.70. The summed E-state index contributed by atoms with van der Waals surface area (Å²) in [6.07, 6.45) is 1.01. The number of methoxy groups -OCH3 is 2.